The second kappa shape index (κ2) is 7.91. The standard InChI is InChI=1S/C22H30N4O4/c1-3-22(20(29)23-9-11-27)13-16-6-7-18(22)26(16)19(28)15-5-4-14(2)17(12-15)25-10-8-24-21(25)30/h4-5,12,16,18,27H,3,6-11,13H2,1-2H3,(H,23,29)(H,24,30)/t16-,18+,22+/m1/s1. The molecule has 0 saturated carbocycles. The summed E-state index contributed by atoms with van der Waals surface area (Å²) in [7, 11) is 0. The second-order valence-electron chi connectivity index (χ2n) is 8.54. The third-order valence-electron chi connectivity index (χ3n) is 7.06. The molecular formula is C22H30N4O4. The van der Waals surface area contributed by atoms with Gasteiger partial charge in [-0.05, 0) is 50.3 Å². The molecule has 8 nitrogen and oxygen atoms in total. The van der Waals surface area contributed by atoms with Crippen LogP contribution in [0, 0.1) is 12.3 Å². The number of amides is 4. The van der Waals surface area contributed by atoms with E-state index in [0.29, 0.717) is 31.5 Å². The first-order chi connectivity index (χ1) is 14.4. The molecule has 8 heteroatoms. The van der Waals surface area contributed by atoms with Crippen molar-refractivity contribution in [1.82, 2.24) is 15.5 Å². The molecular weight excluding hydrogens is 384 g/mol. The number of aliphatic hydroxyl groups excluding tert-OH is 1. The number of fused-ring (bicyclic) bond motifs is 2. The van der Waals surface area contributed by atoms with Gasteiger partial charge in [0.15, 0.2) is 0 Å². The minimum atomic E-state index is -0.601. The molecule has 4 amide bonds. The fraction of sp³-hybridized carbons (Fsp3) is 0.591. The van der Waals surface area contributed by atoms with Crippen LogP contribution in [0.15, 0.2) is 18.2 Å². The Morgan fingerprint density at radius 1 is 1.33 bits per heavy atom. The largest absolute Gasteiger partial charge is 0.395 e. The molecule has 0 aromatic heterocycles. The van der Waals surface area contributed by atoms with Crippen molar-refractivity contribution < 1.29 is 19.5 Å². The van der Waals surface area contributed by atoms with Crippen molar-refractivity contribution in [3.8, 4) is 0 Å². The molecule has 3 aliphatic rings. The number of hydrogen-bond acceptors (Lipinski definition) is 4. The van der Waals surface area contributed by atoms with Crippen LogP contribution in [0.25, 0.3) is 0 Å². The van der Waals surface area contributed by atoms with Gasteiger partial charge in [0.2, 0.25) is 5.91 Å². The Morgan fingerprint density at radius 2 is 2.13 bits per heavy atom. The highest BCUT2D eigenvalue weighted by molar-refractivity contribution is 6.00. The zero-order valence-electron chi connectivity index (χ0n) is 17.6. The van der Waals surface area contributed by atoms with Gasteiger partial charge >= 0.3 is 6.03 Å². The average Bonchev–Trinajstić information content (AvgIpc) is 3.45. The van der Waals surface area contributed by atoms with Crippen molar-refractivity contribution in [2.75, 3.05) is 31.1 Å². The number of benzene rings is 1. The minimum Gasteiger partial charge on any atom is -0.395 e. The molecule has 3 fully saturated rings. The van der Waals surface area contributed by atoms with Gasteiger partial charge in [0.1, 0.15) is 0 Å². The topological polar surface area (TPSA) is 102 Å². The van der Waals surface area contributed by atoms with Crippen LogP contribution in [0.2, 0.25) is 0 Å². The van der Waals surface area contributed by atoms with Gasteiger partial charge in [0, 0.05) is 43.0 Å². The van der Waals surface area contributed by atoms with Crippen LogP contribution >= 0.6 is 0 Å². The Bertz CT molecular complexity index is 873. The third kappa shape index (κ3) is 3.14. The van der Waals surface area contributed by atoms with E-state index in [1.54, 1.807) is 11.0 Å². The number of anilines is 1. The fourth-order valence-electron chi connectivity index (χ4n) is 5.50. The Hall–Kier alpha value is -2.61. The predicted octanol–water partition coefficient (Wildman–Crippen LogP) is 1.41. The summed E-state index contributed by atoms with van der Waals surface area (Å²) in [5.74, 6) is -0.143. The number of hydrogen-bond donors (Lipinski definition) is 3. The molecule has 3 heterocycles. The van der Waals surface area contributed by atoms with Crippen LogP contribution in [0.3, 0.4) is 0 Å². The van der Waals surface area contributed by atoms with Crippen LogP contribution in [0.4, 0.5) is 10.5 Å². The van der Waals surface area contributed by atoms with Gasteiger partial charge in [-0.25, -0.2) is 4.79 Å². The second-order valence-corrected chi connectivity index (χ2v) is 8.54. The molecule has 0 spiro atoms. The lowest BCUT2D eigenvalue weighted by Crippen LogP contribution is -2.50. The van der Waals surface area contributed by atoms with Crippen LogP contribution < -0.4 is 15.5 Å². The number of urea groups is 1. The average molecular weight is 415 g/mol. The number of aliphatic hydroxyl groups is 1. The van der Waals surface area contributed by atoms with Crippen molar-refractivity contribution in [3.05, 3.63) is 29.3 Å². The van der Waals surface area contributed by atoms with Crippen molar-refractivity contribution in [2.24, 2.45) is 5.41 Å². The zero-order chi connectivity index (χ0) is 21.5. The van der Waals surface area contributed by atoms with Gasteiger partial charge in [-0.1, -0.05) is 13.0 Å². The summed E-state index contributed by atoms with van der Waals surface area (Å²) < 4.78 is 0. The summed E-state index contributed by atoms with van der Waals surface area (Å²) in [5.41, 5.74) is 1.65. The number of nitrogens with one attached hydrogen (secondary N) is 2. The molecule has 0 radical (unpaired) electrons. The van der Waals surface area contributed by atoms with E-state index < -0.39 is 5.41 Å². The van der Waals surface area contributed by atoms with E-state index >= 15 is 0 Å². The van der Waals surface area contributed by atoms with Crippen molar-refractivity contribution in [2.45, 2.75) is 51.6 Å². The van der Waals surface area contributed by atoms with Crippen LogP contribution in [-0.2, 0) is 4.79 Å². The van der Waals surface area contributed by atoms with Crippen LogP contribution in [0.1, 0.15) is 48.5 Å². The predicted molar refractivity (Wildman–Crippen MR) is 112 cm³/mol. The molecule has 0 aliphatic carbocycles. The normalized spacial score (nSPS) is 27.5. The number of carbonyl (C=O) groups is 3. The number of carbonyl (C=O) groups excluding carboxylic acids is 3. The lowest BCUT2D eigenvalue weighted by Gasteiger charge is -2.35. The first-order valence-corrected chi connectivity index (χ1v) is 10.8. The summed E-state index contributed by atoms with van der Waals surface area (Å²) in [4.78, 5) is 42.2. The van der Waals surface area contributed by atoms with E-state index in [1.165, 1.54) is 0 Å². The maximum Gasteiger partial charge on any atom is 0.322 e. The van der Waals surface area contributed by atoms with E-state index in [4.69, 9.17) is 5.11 Å². The summed E-state index contributed by atoms with van der Waals surface area (Å²) in [6.07, 6.45) is 3.02. The van der Waals surface area contributed by atoms with Gasteiger partial charge in [0.05, 0.1) is 12.0 Å². The van der Waals surface area contributed by atoms with E-state index in [0.717, 1.165) is 24.1 Å². The number of nitrogens with zero attached hydrogens (tertiary/aromatic N) is 2. The molecule has 2 bridgehead atoms. The molecule has 1 aromatic carbocycles. The van der Waals surface area contributed by atoms with Gasteiger partial charge in [-0.15, -0.1) is 0 Å². The van der Waals surface area contributed by atoms with Gasteiger partial charge < -0.3 is 20.6 Å². The van der Waals surface area contributed by atoms with Gasteiger partial charge in [-0.2, -0.15) is 0 Å². The highest BCUT2D eigenvalue weighted by atomic mass is 16.3. The smallest absolute Gasteiger partial charge is 0.322 e. The van der Waals surface area contributed by atoms with Crippen molar-refractivity contribution in [1.29, 1.82) is 0 Å². The van der Waals surface area contributed by atoms with Crippen LogP contribution in [-0.4, -0.2) is 66.2 Å². The van der Waals surface area contributed by atoms with Crippen molar-refractivity contribution >= 4 is 23.5 Å². The maximum atomic E-state index is 13.5. The van der Waals surface area contributed by atoms with E-state index in [-0.39, 0.29) is 43.1 Å². The summed E-state index contributed by atoms with van der Waals surface area (Å²) >= 11 is 0. The lowest BCUT2D eigenvalue weighted by molar-refractivity contribution is -0.133. The quantitative estimate of drug-likeness (QED) is 0.655. The minimum absolute atomic E-state index is 0.0437. The molecule has 3 saturated heterocycles. The third-order valence-corrected chi connectivity index (χ3v) is 7.06. The Labute approximate surface area is 176 Å². The Balaban J connectivity index is 1.61. The Morgan fingerprint density at radius 3 is 2.80 bits per heavy atom. The molecule has 1 aromatic rings. The van der Waals surface area contributed by atoms with Gasteiger partial charge in [0.25, 0.3) is 5.91 Å². The van der Waals surface area contributed by atoms with E-state index in [1.807, 2.05) is 30.9 Å². The maximum absolute atomic E-state index is 13.5. The summed E-state index contributed by atoms with van der Waals surface area (Å²) in [6.45, 7) is 5.23. The Kier molecular flexibility index (Phi) is 5.44. The lowest BCUT2D eigenvalue weighted by atomic mass is 9.71. The zero-order valence-corrected chi connectivity index (χ0v) is 17.6. The summed E-state index contributed by atoms with van der Waals surface area (Å²) in [5, 5.41) is 14.7. The highest BCUT2D eigenvalue weighted by Crippen LogP contribution is 2.52. The monoisotopic (exact) mass is 414 g/mol. The van der Waals surface area contributed by atoms with Crippen LogP contribution in [0.5, 0.6) is 0 Å². The number of rotatable bonds is 6. The first-order valence-electron chi connectivity index (χ1n) is 10.8. The molecule has 3 aliphatic heterocycles. The summed E-state index contributed by atoms with van der Waals surface area (Å²) in [6, 6.07) is 5.26. The molecule has 4 rings (SSSR count). The molecule has 30 heavy (non-hydrogen) atoms. The highest BCUT2D eigenvalue weighted by Gasteiger charge is 2.60. The molecule has 162 valence electrons. The SMILES string of the molecule is CC[C@]1(C(=O)NCCO)C[C@H]2CC[C@@H]1N2C(=O)c1ccc(C)c(N2CCNC2=O)c1. The first kappa shape index (κ1) is 20.7. The fourth-order valence-corrected chi connectivity index (χ4v) is 5.50. The van der Waals surface area contributed by atoms with Gasteiger partial charge in [-0.3, -0.25) is 14.5 Å². The van der Waals surface area contributed by atoms with Crippen molar-refractivity contribution in [3.63, 3.8) is 0 Å². The number of aryl methyl sites for hydroxylation is 1. The molecule has 3 atom stereocenters. The molecule has 0 unspecified atom stereocenters. The van der Waals surface area contributed by atoms with E-state index in [9.17, 15) is 14.4 Å². The molecule has 3 N–H and O–H groups in total. The van der Waals surface area contributed by atoms with E-state index in [2.05, 4.69) is 10.6 Å².